The fourth-order valence-corrected chi connectivity index (χ4v) is 4.25. The first-order valence-corrected chi connectivity index (χ1v) is 11.2. The van der Waals surface area contributed by atoms with Crippen molar-refractivity contribution in [2.75, 3.05) is 36.4 Å². The van der Waals surface area contributed by atoms with Crippen LogP contribution in [0.5, 0.6) is 0 Å². The molecule has 1 aliphatic carbocycles. The second-order valence-electron chi connectivity index (χ2n) is 9.34. The second kappa shape index (κ2) is 8.76. The molecular formula is C24H31N5O3. The van der Waals surface area contributed by atoms with E-state index >= 15 is 0 Å². The van der Waals surface area contributed by atoms with Crippen LogP contribution < -0.4 is 10.2 Å². The summed E-state index contributed by atoms with van der Waals surface area (Å²) in [6.45, 7) is 9.48. The van der Waals surface area contributed by atoms with E-state index in [-0.39, 0.29) is 12.0 Å². The number of hydrogen-bond acceptors (Lipinski definition) is 6. The lowest BCUT2D eigenvalue weighted by Gasteiger charge is -2.37. The summed E-state index contributed by atoms with van der Waals surface area (Å²) in [5, 5.41) is 2.77. The summed E-state index contributed by atoms with van der Waals surface area (Å²) < 4.78 is 5.52. The largest absolute Gasteiger partial charge is 0.444 e. The van der Waals surface area contributed by atoms with Gasteiger partial charge in [0.2, 0.25) is 11.9 Å². The van der Waals surface area contributed by atoms with E-state index in [9.17, 15) is 9.59 Å². The average molecular weight is 438 g/mol. The number of ether oxygens (including phenoxy) is 1. The van der Waals surface area contributed by atoms with Crippen LogP contribution in [0.2, 0.25) is 0 Å². The zero-order valence-electron chi connectivity index (χ0n) is 19.3. The predicted octanol–water partition coefficient (Wildman–Crippen LogP) is 3.65. The number of piperazine rings is 1. The molecule has 0 unspecified atom stereocenters. The van der Waals surface area contributed by atoms with Gasteiger partial charge in [-0.1, -0.05) is 24.3 Å². The predicted molar refractivity (Wildman–Crippen MR) is 124 cm³/mol. The number of carbonyl (C=O) groups is 2. The summed E-state index contributed by atoms with van der Waals surface area (Å²) in [5.41, 5.74) is 3.84. The maximum atomic E-state index is 12.5. The molecule has 2 heterocycles. The molecule has 8 nitrogen and oxygen atoms in total. The molecule has 0 saturated carbocycles. The molecule has 1 N–H and O–H groups in total. The Morgan fingerprint density at radius 3 is 2.44 bits per heavy atom. The molecular weight excluding hydrogens is 406 g/mol. The Bertz CT molecular complexity index is 1020. The number of fused-ring (bicyclic) bond motifs is 3. The van der Waals surface area contributed by atoms with Gasteiger partial charge in [0.25, 0.3) is 0 Å². The van der Waals surface area contributed by atoms with E-state index in [2.05, 4.69) is 28.4 Å². The van der Waals surface area contributed by atoms with Gasteiger partial charge in [0, 0.05) is 44.2 Å². The Morgan fingerprint density at radius 2 is 1.75 bits per heavy atom. The lowest BCUT2D eigenvalue weighted by atomic mass is 10.0. The van der Waals surface area contributed by atoms with E-state index in [0.29, 0.717) is 32.1 Å². The number of benzene rings is 1. The molecule has 170 valence electrons. The smallest absolute Gasteiger partial charge is 0.410 e. The van der Waals surface area contributed by atoms with Gasteiger partial charge < -0.3 is 14.5 Å². The summed E-state index contributed by atoms with van der Waals surface area (Å²) in [6.07, 6.45) is 2.57. The van der Waals surface area contributed by atoms with E-state index in [1.807, 2.05) is 26.8 Å². The van der Waals surface area contributed by atoms with Gasteiger partial charge in [0.1, 0.15) is 11.4 Å². The molecule has 1 aromatic carbocycles. The van der Waals surface area contributed by atoms with Crippen molar-refractivity contribution in [3.05, 3.63) is 35.4 Å². The molecule has 0 radical (unpaired) electrons. The van der Waals surface area contributed by atoms with Crippen LogP contribution in [0.1, 0.15) is 45.2 Å². The number of carbonyl (C=O) groups excluding carboxylic acids is 2. The van der Waals surface area contributed by atoms with Crippen LogP contribution >= 0.6 is 0 Å². The van der Waals surface area contributed by atoms with Crippen LogP contribution in [-0.4, -0.2) is 58.6 Å². The Balaban J connectivity index is 1.65. The maximum Gasteiger partial charge on any atom is 0.410 e. The molecule has 32 heavy (non-hydrogen) atoms. The van der Waals surface area contributed by atoms with Crippen LogP contribution in [0.25, 0.3) is 11.3 Å². The summed E-state index contributed by atoms with van der Waals surface area (Å²) in [7, 11) is 0. The van der Waals surface area contributed by atoms with Gasteiger partial charge in [0.15, 0.2) is 0 Å². The van der Waals surface area contributed by atoms with E-state index < -0.39 is 5.60 Å². The van der Waals surface area contributed by atoms with Crippen LogP contribution in [-0.2, 0) is 22.4 Å². The number of anilines is 2. The second-order valence-corrected chi connectivity index (χ2v) is 9.34. The molecule has 0 bridgehead atoms. The first kappa shape index (κ1) is 22.0. The van der Waals surface area contributed by atoms with Gasteiger partial charge in [-0.15, -0.1) is 0 Å². The summed E-state index contributed by atoms with van der Waals surface area (Å²) >= 11 is 0. The molecule has 2 aliphatic rings. The van der Waals surface area contributed by atoms with Gasteiger partial charge in [-0.3, -0.25) is 10.1 Å². The van der Waals surface area contributed by atoms with E-state index in [4.69, 9.17) is 14.7 Å². The fourth-order valence-electron chi connectivity index (χ4n) is 4.25. The zero-order chi connectivity index (χ0) is 22.9. The summed E-state index contributed by atoms with van der Waals surface area (Å²) in [4.78, 5) is 37.6. The van der Waals surface area contributed by atoms with E-state index in [1.165, 1.54) is 12.5 Å². The molecule has 0 atom stereocenters. The van der Waals surface area contributed by atoms with E-state index in [0.717, 1.165) is 41.9 Å². The maximum absolute atomic E-state index is 12.5. The SMILES string of the molecule is CC(=O)Nc1nc2c(c(N3CCN(C(=O)OC(C)(C)C)CC3)n1)CCCc1ccccc1-2. The number of rotatable bonds is 2. The van der Waals surface area contributed by atoms with Crippen molar-refractivity contribution < 1.29 is 14.3 Å². The Morgan fingerprint density at radius 1 is 1.03 bits per heavy atom. The minimum atomic E-state index is -0.515. The number of aromatic nitrogens is 2. The van der Waals surface area contributed by atoms with Gasteiger partial charge in [-0.2, -0.15) is 4.98 Å². The number of amides is 2. The van der Waals surface area contributed by atoms with Crippen LogP contribution in [0.4, 0.5) is 16.6 Å². The molecule has 0 spiro atoms. The number of aryl methyl sites for hydroxylation is 1. The highest BCUT2D eigenvalue weighted by Crippen LogP contribution is 2.36. The van der Waals surface area contributed by atoms with Crippen molar-refractivity contribution in [1.29, 1.82) is 0 Å². The van der Waals surface area contributed by atoms with Crippen molar-refractivity contribution >= 4 is 23.8 Å². The third kappa shape index (κ3) is 4.84. The minimum Gasteiger partial charge on any atom is -0.444 e. The third-order valence-corrected chi connectivity index (χ3v) is 5.65. The van der Waals surface area contributed by atoms with Crippen LogP contribution in [0.15, 0.2) is 24.3 Å². The Hall–Kier alpha value is -3.16. The Labute approximate surface area is 189 Å². The standard InChI is InChI=1S/C24H31N5O3/c1-16(30)25-22-26-20-18-10-6-5-8-17(18)9-7-11-19(20)21(27-22)28-12-14-29(15-13-28)23(31)32-24(2,3)4/h5-6,8,10H,7,9,11-15H2,1-4H3,(H,25,26,27,30). The summed E-state index contributed by atoms with van der Waals surface area (Å²) in [6, 6.07) is 8.31. The lowest BCUT2D eigenvalue weighted by Crippen LogP contribution is -2.50. The summed E-state index contributed by atoms with van der Waals surface area (Å²) in [5.74, 6) is 0.962. The minimum absolute atomic E-state index is 0.201. The monoisotopic (exact) mass is 437 g/mol. The first-order chi connectivity index (χ1) is 15.2. The highest BCUT2D eigenvalue weighted by molar-refractivity contribution is 5.87. The van der Waals surface area contributed by atoms with Gasteiger partial charge in [0.05, 0.1) is 5.69 Å². The highest BCUT2D eigenvalue weighted by atomic mass is 16.6. The molecule has 1 saturated heterocycles. The lowest BCUT2D eigenvalue weighted by molar-refractivity contribution is -0.114. The van der Waals surface area contributed by atoms with Crippen molar-refractivity contribution in [2.45, 2.75) is 52.6 Å². The quantitative estimate of drug-likeness (QED) is 0.772. The molecule has 1 aromatic heterocycles. The van der Waals surface area contributed by atoms with Gasteiger partial charge in [-0.05, 0) is 45.6 Å². The third-order valence-electron chi connectivity index (χ3n) is 5.65. The molecule has 8 heteroatoms. The van der Waals surface area contributed by atoms with Crippen molar-refractivity contribution in [3.63, 3.8) is 0 Å². The molecule has 1 aliphatic heterocycles. The fraction of sp³-hybridized carbons (Fsp3) is 0.500. The number of hydrogen-bond donors (Lipinski definition) is 1. The zero-order valence-corrected chi connectivity index (χ0v) is 19.3. The topological polar surface area (TPSA) is 87.7 Å². The normalized spacial score (nSPS) is 16.0. The number of nitrogens with zero attached hydrogens (tertiary/aromatic N) is 4. The molecule has 2 aromatic rings. The van der Waals surface area contributed by atoms with Gasteiger partial charge in [-0.25, -0.2) is 9.78 Å². The molecule has 4 rings (SSSR count). The van der Waals surface area contributed by atoms with Crippen molar-refractivity contribution in [1.82, 2.24) is 14.9 Å². The highest BCUT2D eigenvalue weighted by Gasteiger charge is 2.29. The van der Waals surface area contributed by atoms with Crippen LogP contribution in [0, 0.1) is 0 Å². The average Bonchev–Trinajstić information content (AvgIpc) is 2.91. The molecule has 2 amide bonds. The first-order valence-electron chi connectivity index (χ1n) is 11.2. The Kier molecular flexibility index (Phi) is 6.04. The van der Waals surface area contributed by atoms with E-state index in [1.54, 1.807) is 4.90 Å². The van der Waals surface area contributed by atoms with Crippen molar-refractivity contribution in [2.24, 2.45) is 0 Å². The number of nitrogens with one attached hydrogen (secondary N) is 1. The van der Waals surface area contributed by atoms with Gasteiger partial charge >= 0.3 is 6.09 Å². The van der Waals surface area contributed by atoms with Crippen LogP contribution in [0.3, 0.4) is 0 Å². The molecule has 1 fully saturated rings. The van der Waals surface area contributed by atoms with Crippen molar-refractivity contribution in [3.8, 4) is 11.3 Å².